The smallest absolute Gasteiger partial charge is 0.399 e. The first-order valence-corrected chi connectivity index (χ1v) is 10.7. The van der Waals surface area contributed by atoms with Crippen molar-refractivity contribution in [2.75, 3.05) is 7.05 Å². The van der Waals surface area contributed by atoms with E-state index in [4.69, 9.17) is 20.9 Å². The summed E-state index contributed by atoms with van der Waals surface area (Å²) >= 11 is 6.57. The zero-order valence-corrected chi connectivity index (χ0v) is 17.8. The second-order valence-electron chi connectivity index (χ2n) is 7.92. The quantitative estimate of drug-likeness (QED) is 0.777. The van der Waals surface area contributed by atoms with Crippen LogP contribution in [-0.4, -0.2) is 33.8 Å². The Labute approximate surface area is 167 Å². The molecule has 5 nitrogen and oxygen atoms in total. The predicted octanol–water partition coefficient (Wildman–Crippen LogP) is 2.90. The van der Waals surface area contributed by atoms with Crippen molar-refractivity contribution in [3.05, 3.63) is 53.1 Å². The summed E-state index contributed by atoms with van der Waals surface area (Å²) < 4.78 is 39.0. The summed E-state index contributed by atoms with van der Waals surface area (Å²) in [6.45, 7) is 7.93. The first kappa shape index (κ1) is 20.6. The first-order valence-electron chi connectivity index (χ1n) is 8.89. The van der Waals surface area contributed by atoms with Crippen LogP contribution in [0, 0.1) is 0 Å². The van der Waals surface area contributed by atoms with Crippen LogP contribution in [0.4, 0.5) is 0 Å². The highest BCUT2D eigenvalue weighted by Gasteiger charge is 2.52. The van der Waals surface area contributed by atoms with E-state index >= 15 is 0 Å². The molecule has 1 atom stereocenters. The molecular formula is C19H25BClNO4S. The summed E-state index contributed by atoms with van der Waals surface area (Å²) in [7, 11) is -2.81. The summed E-state index contributed by atoms with van der Waals surface area (Å²) in [5.74, 6) is 0. The Bertz CT molecular complexity index is 894. The highest BCUT2D eigenvalue weighted by molar-refractivity contribution is 7.90. The lowest BCUT2D eigenvalue weighted by Crippen LogP contribution is -2.42. The summed E-state index contributed by atoms with van der Waals surface area (Å²) in [6.07, 6.45) is 7.37. The molecule has 1 aromatic rings. The molecule has 0 aromatic heterocycles. The maximum atomic E-state index is 12.8. The minimum atomic E-state index is -3.66. The van der Waals surface area contributed by atoms with Crippen molar-refractivity contribution >= 4 is 34.2 Å². The van der Waals surface area contributed by atoms with E-state index in [1.165, 1.54) is 7.05 Å². The largest absolute Gasteiger partial charge is 0.494 e. The molecule has 3 rings (SSSR count). The van der Waals surface area contributed by atoms with Crippen LogP contribution in [0.25, 0.3) is 0 Å². The van der Waals surface area contributed by atoms with Gasteiger partial charge in [-0.1, -0.05) is 48.0 Å². The van der Waals surface area contributed by atoms with Crippen LogP contribution in [-0.2, 0) is 24.1 Å². The van der Waals surface area contributed by atoms with E-state index < -0.39 is 33.1 Å². The minimum absolute atomic E-state index is 0.308. The molecule has 0 radical (unpaired) electrons. The average molecular weight is 410 g/mol. The van der Waals surface area contributed by atoms with Gasteiger partial charge in [-0.05, 0) is 58.3 Å². The monoisotopic (exact) mass is 409 g/mol. The zero-order valence-electron chi connectivity index (χ0n) is 16.2. The molecule has 8 heteroatoms. The van der Waals surface area contributed by atoms with Crippen LogP contribution in [0.3, 0.4) is 0 Å². The second-order valence-corrected chi connectivity index (χ2v) is 10.5. The fraction of sp³-hybridized carbons (Fsp3) is 0.474. The maximum Gasteiger partial charge on any atom is 0.494 e. The Morgan fingerprint density at radius 3 is 2.22 bits per heavy atom. The topological polar surface area (TPSA) is 64.6 Å². The van der Waals surface area contributed by atoms with Crippen LogP contribution >= 0.6 is 11.6 Å². The summed E-state index contributed by atoms with van der Waals surface area (Å²) in [5.41, 5.74) is 0.362. The molecule has 0 spiro atoms. The van der Waals surface area contributed by atoms with Gasteiger partial charge in [0.05, 0.1) is 11.2 Å². The number of benzene rings is 1. The van der Waals surface area contributed by atoms with Gasteiger partial charge in [0.25, 0.3) is 0 Å². The van der Waals surface area contributed by atoms with Crippen LogP contribution in [0.5, 0.6) is 0 Å². The standard InChI is InChI=1S/C19H25BClNO4S/c1-17(2)18(3,4)26-20(25-17)14-9-10-15(16(21)13-14)19(27(23,24)22-5)11-7-6-8-12-19/h6-11,13,22H,12H2,1-5H3. The molecule has 1 N–H and O–H groups in total. The molecule has 1 heterocycles. The van der Waals surface area contributed by atoms with Crippen LogP contribution in [0.2, 0.25) is 5.02 Å². The van der Waals surface area contributed by atoms with E-state index in [2.05, 4.69) is 4.72 Å². The Morgan fingerprint density at radius 1 is 1.11 bits per heavy atom. The van der Waals surface area contributed by atoms with Crippen LogP contribution in [0.1, 0.15) is 39.7 Å². The highest BCUT2D eigenvalue weighted by Crippen LogP contribution is 2.41. The lowest BCUT2D eigenvalue weighted by atomic mass is 9.77. The van der Waals surface area contributed by atoms with Gasteiger partial charge in [0.15, 0.2) is 0 Å². The molecule has 0 bridgehead atoms. The van der Waals surface area contributed by atoms with Crippen molar-refractivity contribution in [3.63, 3.8) is 0 Å². The fourth-order valence-electron chi connectivity index (χ4n) is 3.33. The number of rotatable bonds is 4. The van der Waals surface area contributed by atoms with E-state index in [1.54, 1.807) is 24.3 Å². The average Bonchev–Trinajstić information content (AvgIpc) is 2.83. The van der Waals surface area contributed by atoms with E-state index in [0.29, 0.717) is 17.0 Å². The third-order valence-corrected chi connectivity index (χ3v) is 8.09. The van der Waals surface area contributed by atoms with Crippen LogP contribution in [0.15, 0.2) is 42.5 Å². The van der Waals surface area contributed by atoms with Gasteiger partial charge >= 0.3 is 7.12 Å². The van der Waals surface area contributed by atoms with Gasteiger partial charge in [-0.15, -0.1) is 0 Å². The summed E-state index contributed by atoms with van der Waals surface area (Å²) in [5, 5.41) is 0.362. The van der Waals surface area contributed by atoms with E-state index in [0.717, 1.165) is 5.46 Å². The molecule has 1 aromatic carbocycles. The normalized spacial score (nSPS) is 26.5. The van der Waals surface area contributed by atoms with E-state index in [-0.39, 0.29) is 0 Å². The Hall–Kier alpha value is -1.12. The van der Waals surface area contributed by atoms with Gasteiger partial charge in [-0.2, -0.15) is 0 Å². The number of halogens is 1. The SMILES string of the molecule is CNS(=O)(=O)C1(c2ccc(B3OC(C)(C)C(C)(C)O3)cc2Cl)C=CC=CC1. The van der Waals surface area contributed by atoms with E-state index in [9.17, 15) is 8.42 Å². The van der Waals surface area contributed by atoms with Crippen molar-refractivity contribution in [2.24, 2.45) is 0 Å². The third kappa shape index (κ3) is 3.30. The van der Waals surface area contributed by atoms with Gasteiger partial charge in [0.1, 0.15) is 4.75 Å². The Balaban J connectivity index is 2.03. The minimum Gasteiger partial charge on any atom is -0.399 e. The highest BCUT2D eigenvalue weighted by atomic mass is 35.5. The molecular weight excluding hydrogens is 385 g/mol. The molecule has 1 aliphatic heterocycles. The predicted molar refractivity (Wildman–Crippen MR) is 110 cm³/mol. The Kier molecular flexibility index (Phi) is 5.15. The number of hydrogen-bond donors (Lipinski definition) is 1. The molecule has 0 amide bonds. The molecule has 146 valence electrons. The van der Waals surface area contributed by atoms with Crippen molar-refractivity contribution < 1.29 is 17.7 Å². The molecule has 0 saturated carbocycles. The van der Waals surface area contributed by atoms with Gasteiger partial charge < -0.3 is 9.31 Å². The number of sulfonamides is 1. The first-order chi connectivity index (χ1) is 12.5. The van der Waals surface area contributed by atoms with Gasteiger partial charge in [0.2, 0.25) is 10.0 Å². The van der Waals surface area contributed by atoms with Crippen molar-refractivity contribution in [1.29, 1.82) is 0 Å². The third-order valence-electron chi connectivity index (χ3n) is 5.76. The number of hydrogen-bond acceptors (Lipinski definition) is 4. The lowest BCUT2D eigenvalue weighted by molar-refractivity contribution is 0.00578. The van der Waals surface area contributed by atoms with Gasteiger partial charge in [-0.3, -0.25) is 0 Å². The molecule has 1 fully saturated rings. The lowest BCUT2D eigenvalue weighted by Gasteiger charge is -2.32. The summed E-state index contributed by atoms with van der Waals surface area (Å²) in [4.78, 5) is 0. The number of nitrogens with one attached hydrogen (secondary N) is 1. The van der Waals surface area contributed by atoms with E-state index in [1.807, 2.05) is 45.9 Å². The molecule has 27 heavy (non-hydrogen) atoms. The Morgan fingerprint density at radius 2 is 1.74 bits per heavy atom. The molecule has 1 aliphatic carbocycles. The number of allylic oxidation sites excluding steroid dienone is 3. The fourth-order valence-corrected chi connectivity index (χ4v) is 5.15. The second kappa shape index (κ2) is 6.74. The van der Waals surface area contributed by atoms with Crippen molar-refractivity contribution in [1.82, 2.24) is 4.72 Å². The molecule has 1 unspecified atom stereocenters. The van der Waals surface area contributed by atoms with Gasteiger partial charge in [-0.25, -0.2) is 13.1 Å². The molecule has 2 aliphatic rings. The summed E-state index contributed by atoms with van der Waals surface area (Å²) in [6, 6.07) is 5.31. The van der Waals surface area contributed by atoms with Crippen molar-refractivity contribution in [2.45, 2.75) is 50.1 Å². The molecule has 1 saturated heterocycles. The van der Waals surface area contributed by atoms with Gasteiger partial charge in [0, 0.05) is 5.02 Å². The van der Waals surface area contributed by atoms with Crippen LogP contribution < -0.4 is 10.2 Å². The van der Waals surface area contributed by atoms with Crippen molar-refractivity contribution in [3.8, 4) is 0 Å². The maximum absolute atomic E-state index is 12.8. The zero-order chi connectivity index (χ0) is 20.1.